The lowest BCUT2D eigenvalue weighted by Gasteiger charge is -2.27. The predicted molar refractivity (Wildman–Crippen MR) is 83.6 cm³/mol. The van der Waals surface area contributed by atoms with Crippen molar-refractivity contribution in [2.24, 2.45) is 7.05 Å². The first-order valence-corrected chi connectivity index (χ1v) is 7.17. The van der Waals surface area contributed by atoms with Gasteiger partial charge in [-0.25, -0.2) is 0 Å². The minimum absolute atomic E-state index is 0.247. The van der Waals surface area contributed by atoms with E-state index in [0.717, 1.165) is 12.1 Å². The smallest absolute Gasteiger partial charge is 0.343 e. The predicted octanol–water partition coefficient (Wildman–Crippen LogP) is 3.07. The second-order valence-corrected chi connectivity index (χ2v) is 6.02. The standard InChI is InChI=1S/C17H17F3N2O2/c1-16(2,12-5-4-6-13(9-12)17(18,19)20)21-15(24)11-7-8-14(23)22(3)10-11/h4-10H,1-3H3,(H,21,24). The summed E-state index contributed by atoms with van der Waals surface area (Å²) in [4.78, 5) is 23.7. The lowest BCUT2D eigenvalue weighted by molar-refractivity contribution is -0.137. The molecule has 7 heteroatoms. The van der Waals surface area contributed by atoms with Crippen LogP contribution in [0.4, 0.5) is 13.2 Å². The van der Waals surface area contributed by atoms with E-state index < -0.39 is 23.2 Å². The highest BCUT2D eigenvalue weighted by Crippen LogP contribution is 2.32. The number of carbonyl (C=O) groups excluding carboxylic acids is 1. The number of halogens is 3. The van der Waals surface area contributed by atoms with Crippen molar-refractivity contribution in [1.29, 1.82) is 0 Å². The van der Waals surface area contributed by atoms with Gasteiger partial charge in [-0.1, -0.05) is 12.1 Å². The summed E-state index contributed by atoms with van der Waals surface area (Å²) in [7, 11) is 1.51. The van der Waals surface area contributed by atoms with E-state index in [4.69, 9.17) is 0 Å². The Morgan fingerprint density at radius 2 is 1.71 bits per heavy atom. The number of aryl methyl sites for hydroxylation is 1. The summed E-state index contributed by atoms with van der Waals surface area (Å²) in [5.74, 6) is -0.479. The van der Waals surface area contributed by atoms with E-state index >= 15 is 0 Å². The molecule has 1 aromatic carbocycles. The van der Waals surface area contributed by atoms with Gasteiger partial charge in [0.05, 0.1) is 16.7 Å². The Kier molecular flexibility index (Phi) is 4.55. The quantitative estimate of drug-likeness (QED) is 0.935. The van der Waals surface area contributed by atoms with Crippen LogP contribution in [-0.4, -0.2) is 10.5 Å². The van der Waals surface area contributed by atoms with Crippen molar-refractivity contribution in [3.63, 3.8) is 0 Å². The molecule has 0 radical (unpaired) electrons. The number of amides is 1. The fourth-order valence-corrected chi connectivity index (χ4v) is 2.24. The van der Waals surface area contributed by atoms with E-state index in [9.17, 15) is 22.8 Å². The highest BCUT2D eigenvalue weighted by Gasteiger charge is 2.32. The third kappa shape index (κ3) is 3.84. The molecule has 0 aliphatic rings. The van der Waals surface area contributed by atoms with Gasteiger partial charge in [0.15, 0.2) is 0 Å². The number of alkyl halides is 3. The van der Waals surface area contributed by atoms with Gasteiger partial charge in [0.25, 0.3) is 5.91 Å². The maximum Gasteiger partial charge on any atom is 0.416 e. The van der Waals surface area contributed by atoms with Crippen LogP contribution in [0.25, 0.3) is 0 Å². The van der Waals surface area contributed by atoms with Gasteiger partial charge in [-0.05, 0) is 37.6 Å². The maximum atomic E-state index is 12.8. The zero-order valence-corrected chi connectivity index (χ0v) is 13.4. The van der Waals surface area contributed by atoms with Crippen LogP contribution in [0.1, 0.15) is 35.3 Å². The number of aromatic nitrogens is 1. The Morgan fingerprint density at radius 3 is 2.29 bits per heavy atom. The van der Waals surface area contributed by atoms with Crippen molar-refractivity contribution in [3.05, 3.63) is 69.6 Å². The number of carbonyl (C=O) groups is 1. The summed E-state index contributed by atoms with van der Waals surface area (Å²) in [6.45, 7) is 3.23. The van der Waals surface area contributed by atoms with Gasteiger partial charge in [-0.15, -0.1) is 0 Å². The number of hydrogen-bond donors (Lipinski definition) is 1. The Labute approximate surface area is 136 Å². The fourth-order valence-electron chi connectivity index (χ4n) is 2.24. The Hall–Kier alpha value is -2.57. The molecule has 128 valence electrons. The normalized spacial score (nSPS) is 12.1. The maximum absolute atomic E-state index is 12.8. The molecule has 2 aromatic rings. The van der Waals surface area contributed by atoms with E-state index in [2.05, 4.69) is 5.32 Å². The van der Waals surface area contributed by atoms with E-state index in [1.165, 1.54) is 42.1 Å². The van der Waals surface area contributed by atoms with Gasteiger partial charge in [0.2, 0.25) is 5.56 Å². The molecule has 4 nitrogen and oxygen atoms in total. The van der Waals surface area contributed by atoms with Gasteiger partial charge in [-0.3, -0.25) is 9.59 Å². The molecule has 0 aliphatic heterocycles. The number of nitrogens with one attached hydrogen (secondary N) is 1. The highest BCUT2D eigenvalue weighted by molar-refractivity contribution is 5.94. The molecule has 2 rings (SSSR count). The third-order valence-corrected chi connectivity index (χ3v) is 3.69. The molecule has 1 heterocycles. The van der Waals surface area contributed by atoms with Gasteiger partial charge in [-0.2, -0.15) is 13.2 Å². The SMILES string of the molecule is Cn1cc(C(=O)NC(C)(C)c2cccc(C(F)(F)F)c2)ccc1=O. The number of benzene rings is 1. The lowest BCUT2D eigenvalue weighted by Crippen LogP contribution is -2.41. The molecule has 0 bridgehead atoms. The van der Waals surface area contributed by atoms with Crippen LogP contribution in [0.3, 0.4) is 0 Å². The number of nitrogens with zero attached hydrogens (tertiary/aromatic N) is 1. The Balaban J connectivity index is 2.29. The summed E-state index contributed by atoms with van der Waals surface area (Å²) in [6.07, 6.45) is -3.08. The van der Waals surface area contributed by atoms with E-state index in [1.807, 2.05) is 0 Å². The van der Waals surface area contributed by atoms with Crippen LogP contribution in [-0.2, 0) is 18.8 Å². The molecule has 0 aliphatic carbocycles. The molecule has 0 fully saturated rings. The van der Waals surface area contributed by atoms with Gasteiger partial charge >= 0.3 is 6.18 Å². The van der Waals surface area contributed by atoms with Crippen LogP contribution < -0.4 is 10.9 Å². The van der Waals surface area contributed by atoms with Crippen molar-refractivity contribution in [1.82, 2.24) is 9.88 Å². The van der Waals surface area contributed by atoms with Gasteiger partial charge < -0.3 is 9.88 Å². The molecule has 1 aromatic heterocycles. The molecular formula is C17H17F3N2O2. The number of rotatable bonds is 3. The monoisotopic (exact) mass is 338 g/mol. The second-order valence-electron chi connectivity index (χ2n) is 6.02. The van der Waals surface area contributed by atoms with Crippen LogP contribution in [0, 0.1) is 0 Å². The first kappa shape index (κ1) is 17.8. The zero-order chi connectivity index (χ0) is 18.1. The molecule has 0 atom stereocenters. The summed E-state index contributed by atoms with van der Waals surface area (Å²) in [5.41, 5.74) is -1.48. The van der Waals surface area contributed by atoms with E-state index in [1.54, 1.807) is 13.8 Å². The number of hydrogen-bond acceptors (Lipinski definition) is 2. The molecule has 0 unspecified atom stereocenters. The first-order valence-electron chi connectivity index (χ1n) is 7.17. The second kappa shape index (κ2) is 6.14. The summed E-state index contributed by atoms with van der Waals surface area (Å²) in [6, 6.07) is 7.45. The van der Waals surface area contributed by atoms with Crippen molar-refractivity contribution in [2.75, 3.05) is 0 Å². The summed E-state index contributed by atoms with van der Waals surface area (Å²) in [5, 5.41) is 2.69. The van der Waals surface area contributed by atoms with Crippen LogP contribution >= 0.6 is 0 Å². The van der Waals surface area contributed by atoms with Crippen molar-refractivity contribution in [3.8, 4) is 0 Å². The van der Waals surface area contributed by atoms with Crippen molar-refractivity contribution in [2.45, 2.75) is 25.6 Å². The molecule has 0 spiro atoms. The first-order chi connectivity index (χ1) is 11.0. The minimum Gasteiger partial charge on any atom is -0.343 e. The average molecular weight is 338 g/mol. The van der Waals surface area contributed by atoms with Crippen LogP contribution in [0.15, 0.2) is 47.4 Å². The van der Waals surface area contributed by atoms with Crippen LogP contribution in [0.2, 0.25) is 0 Å². The zero-order valence-electron chi connectivity index (χ0n) is 13.4. The van der Waals surface area contributed by atoms with Gasteiger partial charge in [0.1, 0.15) is 0 Å². The van der Waals surface area contributed by atoms with Crippen LogP contribution in [0.5, 0.6) is 0 Å². The lowest BCUT2D eigenvalue weighted by atomic mass is 9.92. The highest BCUT2D eigenvalue weighted by atomic mass is 19.4. The van der Waals surface area contributed by atoms with Gasteiger partial charge in [0, 0.05) is 19.3 Å². The molecular weight excluding hydrogens is 321 g/mol. The topological polar surface area (TPSA) is 51.1 Å². The summed E-state index contributed by atoms with van der Waals surface area (Å²) >= 11 is 0. The molecule has 1 amide bonds. The molecule has 0 saturated heterocycles. The third-order valence-electron chi connectivity index (χ3n) is 3.69. The molecule has 1 N–H and O–H groups in total. The van der Waals surface area contributed by atoms with Crippen molar-refractivity contribution < 1.29 is 18.0 Å². The fraction of sp³-hybridized carbons (Fsp3) is 0.294. The van der Waals surface area contributed by atoms with E-state index in [-0.39, 0.29) is 11.1 Å². The van der Waals surface area contributed by atoms with Crippen molar-refractivity contribution >= 4 is 5.91 Å². The largest absolute Gasteiger partial charge is 0.416 e. The Morgan fingerprint density at radius 1 is 1.08 bits per heavy atom. The van der Waals surface area contributed by atoms with E-state index in [0.29, 0.717) is 5.56 Å². The summed E-state index contributed by atoms with van der Waals surface area (Å²) < 4.78 is 39.8. The molecule has 0 saturated carbocycles. The number of pyridine rings is 1. The molecule has 24 heavy (non-hydrogen) atoms. The minimum atomic E-state index is -4.45. The average Bonchev–Trinajstić information content (AvgIpc) is 2.49. The Bertz CT molecular complexity index is 823.